The summed E-state index contributed by atoms with van der Waals surface area (Å²) in [7, 11) is 0. The molecule has 2 amide bonds. The zero-order chi connectivity index (χ0) is 19.0. The first-order chi connectivity index (χ1) is 13.0. The number of allylic oxidation sites excluding steroid dienone is 2. The molecule has 0 radical (unpaired) electrons. The van der Waals surface area contributed by atoms with E-state index in [-0.39, 0.29) is 6.54 Å². The molecule has 0 bridgehead atoms. The van der Waals surface area contributed by atoms with Crippen LogP contribution in [0.1, 0.15) is 5.56 Å². The van der Waals surface area contributed by atoms with E-state index < -0.39 is 23.4 Å². The number of carbonyl (C=O) groups is 1. The Hall–Kier alpha value is -3.19. The van der Waals surface area contributed by atoms with Crippen molar-refractivity contribution in [1.29, 1.82) is 0 Å². The smallest absolute Gasteiger partial charge is 0.326 e. The van der Waals surface area contributed by atoms with E-state index >= 15 is 0 Å². The van der Waals surface area contributed by atoms with Crippen molar-refractivity contribution in [2.45, 2.75) is 0 Å². The van der Waals surface area contributed by atoms with Crippen LogP contribution in [0, 0.1) is 11.6 Å². The Morgan fingerprint density at radius 3 is 2.81 bits per heavy atom. The Morgan fingerprint density at radius 1 is 1.26 bits per heavy atom. The van der Waals surface area contributed by atoms with Gasteiger partial charge in [0, 0.05) is 11.8 Å². The maximum absolute atomic E-state index is 13.8. The van der Waals surface area contributed by atoms with Crippen LogP contribution in [0.2, 0.25) is 5.02 Å². The molecule has 0 unspecified atom stereocenters. The SMILES string of the molecule is O=C(Nc1c(F)cccc1F)N1C=CC=C(c2cc3ocnc3cc2Cl)C1. The van der Waals surface area contributed by atoms with Crippen LogP contribution in [0.3, 0.4) is 0 Å². The number of fused-ring (bicyclic) bond motifs is 1. The molecule has 0 fully saturated rings. The summed E-state index contributed by atoms with van der Waals surface area (Å²) >= 11 is 6.33. The second kappa shape index (κ2) is 6.85. The number of hydrogen-bond acceptors (Lipinski definition) is 3. The number of urea groups is 1. The van der Waals surface area contributed by atoms with Crippen LogP contribution in [0.25, 0.3) is 16.7 Å². The number of halogens is 3. The van der Waals surface area contributed by atoms with E-state index in [0.717, 1.165) is 17.7 Å². The van der Waals surface area contributed by atoms with E-state index in [0.29, 0.717) is 21.7 Å². The van der Waals surface area contributed by atoms with Crippen molar-refractivity contribution in [3.8, 4) is 0 Å². The monoisotopic (exact) mass is 387 g/mol. The molecule has 0 spiro atoms. The molecule has 136 valence electrons. The zero-order valence-corrected chi connectivity index (χ0v) is 14.5. The van der Waals surface area contributed by atoms with E-state index in [4.69, 9.17) is 16.0 Å². The first kappa shape index (κ1) is 17.2. The van der Waals surface area contributed by atoms with Gasteiger partial charge in [0.1, 0.15) is 22.8 Å². The lowest BCUT2D eigenvalue weighted by Crippen LogP contribution is -2.33. The standard InChI is InChI=1S/C19H12ClF2N3O2/c20-13-8-16-17(27-10-23-16)7-12(13)11-3-2-6-25(9-11)19(26)24-18-14(21)4-1-5-15(18)22/h1-8,10H,9H2,(H,24,26). The summed E-state index contributed by atoms with van der Waals surface area (Å²) in [4.78, 5) is 17.8. The van der Waals surface area contributed by atoms with E-state index in [1.807, 2.05) is 0 Å². The van der Waals surface area contributed by atoms with Crippen LogP contribution in [0.5, 0.6) is 0 Å². The number of amides is 2. The molecule has 4 rings (SSSR count). The highest BCUT2D eigenvalue weighted by molar-refractivity contribution is 6.33. The van der Waals surface area contributed by atoms with Gasteiger partial charge in [0.05, 0.1) is 11.6 Å². The lowest BCUT2D eigenvalue weighted by atomic mass is 10.0. The van der Waals surface area contributed by atoms with Crippen molar-refractivity contribution < 1.29 is 18.0 Å². The number of nitrogens with one attached hydrogen (secondary N) is 1. The summed E-state index contributed by atoms with van der Waals surface area (Å²) in [5, 5.41) is 2.71. The molecule has 3 aromatic rings. The second-order valence-corrected chi connectivity index (χ2v) is 6.25. The van der Waals surface area contributed by atoms with Crippen LogP contribution >= 0.6 is 11.6 Å². The third-order valence-corrected chi connectivity index (χ3v) is 4.44. The lowest BCUT2D eigenvalue weighted by Gasteiger charge is -2.24. The van der Waals surface area contributed by atoms with E-state index in [9.17, 15) is 13.6 Å². The van der Waals surface area contributed by atoms with E-state index in [1.54, 1.807) is 24.3 Å². The fourth-order valence-electron chi connectivity index (χ4n) is 2.79. The molecule has 8 heteroatoms. The molecule has 0 saturated carbocycles. The summed E-state index contributed by atoms with van der Waals surface area (Å²) in [6.07, 6.45) is 6.29. The fraction of sp³-hybridized carbons (Fsp3) is 0.0526. The molecular weight excluding hydrogens is 376 g/mol. The Bertz CT molecular complexity index is 1090. The third-order valence-electron chi connectivity index (χ3n) is 4.13. The summed E-state index contributed by atoms with van der Waals surface area (Å²) in [6, 6.07) is 6.11. The van der Waals surface area contributed by atoms with Gasteiger partial charge in [0.15, 0.2) is 12.0 Å². The molecular formula is C19H12ClF2N3O2. The number of carbonyl (C=O) groups excluding carboxylic acids is 1. The van der Waals surface area contributed by atoms with Crippen molar-refractivity contribution in [2.75, 3.05) is 11.9 Å². The Labute approximate surface area is 157 Å². The van der Waals surface area contributed by atoms with Crippen LogP contribution in [-0.4, -0.2) is 22.5 Å². The van der Waals surface area contributed by atoms with Crippen molar-refractivity contribution in [3.63, 3.8) is 0 Å². The molecule has 1 aliphatic rings. The topological polar surface area (TPSA) is 58.4 Å². The molecule has 2 aromatic carbocycles. The van der Waals surface area contributed by atoms with Crippen molar-refractivity contribution >= 4 is 40.0 Å². The summed E-state index contributed by atoms with van der Waals surface area (Å²) < 4.78 is 32.8. The average Bonchev–Trinajstić information content (AvgIpc) is 3.11. The van der Waals surface area contributed by atoms with Gasteiger partial charge in [-0.15, -0.1) is 0 Å². The number of benzene rings is 2. The number of para-hydroxylation sites is 1. The van der Waals surface area contributed by atoms with Crippen LogP contribution < -0.4 is 5.32 Å². The van der Waals surface area contributed by atoms with Gasteiger partial charge in [-0.05, 0) is 35.9 Å². The van der Waals surface area contributed by atoms with Gasteiger partial charge in [0.2, 0.25) is 0 Å². The summed E-state index contributed by atoms with van der Waals surface area (Å²) in [6.45, 7) is 0.164. The Balaban J connectivity index is 1.57. The highest BCUT2D eigenvalue weighted by atomic mass is 35.5. The number of oxazole rings is 1. The highest BCUT2D eigenvalue weighted by Crippen LogP contribution is 2.31. The molecule has 0 saturated heterocycles. The quantitative estimate of drug-likeness (QED) is 0.657. The molecule has 1 aromatic heterocycles. The molecule has 0 atom stereocenters. The van der Waals surface area contributed by atoms with Crippen LogP contribution in [-0.2, 0) is 0 Å². The largest absolute Gasteiger partial charge is 0.443 e. The van der Waals surface area contributed by atoms with Gasteiger partial charge in [-0.25, -0.2) is 18.6 Å². The van der Waals surface area contributed by atoms with E-state index in [2.05, 4.69) is 10.3 Å². The zero-order valence-electron chi connectivity index (χ0n) is 13.7. The normalized spacial score (nSPS) is 13.7. The predicted molar refractivity (Wildman–Crippen MR) is 98.2 cm³/mol. The predicted octanol–water partition coefficient (Wildman–Crippen LogP) is 5.20. The molecule has 1 aliphatic heterocycles. The number of rotatable bonds is 2. The average molecular weight is 388 g/mol. The van der Waals surface area contributed by atoms with Gasteiger partial charge in [0.25, 0.3) is 0 Å². The minimum Gasteiger partial charge on any atom is -0.443 e. The highest BCUT2D eigenvalue weighted by Gasteiger charge is 2.21. The van der Waals surface area contributed by atoms with Crippen molar-refractivity contribution in [1.82, 2.24) is 9.88 Å². The maximum Gasteiger partial charge on any atom is 0.326 e. The third kappa shape index (κ3) is 3.29. The second-order valence-electron chi connectivity index (χ2n) is 5.84. The fourth-order valence-corrected chi connectivity index (χ4v) is 3.07. The van der Waals surface area contributed by atoms with Gasteiger partial charge in [-0.2, -0.15) is 0 Å². The summed E-state index contributed by atoms with van der Waals surface area (Å²) in [5.41, 5.74) is 2.12. The van der Waals surface area contributed by atoms with Gasteiger partial charge >= 0.3 is 6.03 Å². The minimum atomic E-state index is -0.848. The minimum absolute atomic E-state index is 0.164. The Kier molecular flexibility index (Phi) is 4.37. The lowest BCUT2D eigenvalue weighted by molar-refractivity contribution is 0.232. The van der Waals surface area contributed by atoms with Gasteiger partial charge in [-0.3, -0.25) is 4.90 Å². The van der Waals surface area contributed by atoms with Crippen molar-refractivity contribution in [3.05, 3.63) is 77.3 Å². The molecule has 5 nitrogen and oxygen atoms in total. The van der Waals surface area contributed by atoms with Crippen molar-refractivity contribution in [2.24, 2.45) is 0 Å². The first-order valence-electron chi connectivity index (χ1n) is 7.95. The number of anilines is 1. The van der Waals surface area contributed by atoms with Crippen LogP contribution in [0.15, 0.2) is 59.5 Å². The van der Waals surface area contributed by atoms with E-state index in [1.165, 1.54) is 23.6 Å². The number of aromatic nitrogens is 1. The van der Waals surface area contributed by atoms with Gasteiger partial charge in [-0.1, -0.05) is 23.7 Å². The number of hydrogen-bond donors (Lipinski definition) is 1. The Morgan fingerprint density at radius 2 is 2.04 bits per heavy atom. The molecule has 1 N–H and O–H groups in total. The molecule has 0 aliphatic carbocycles. The van der Waals surface area contributed by atoms with Crippen LogP contribution in [0.4, 0.5) is 19.3 Å². The number of nitrogens with zero attached hydrogens (tertiary/aromatic N) is 2. The maximum atomic E-state index is 13.8. The first-order valence-corrected chi connectivity index (χ1v) is 8.33. The molecule has 2 heterocycles. The molecule has 27 heavy (non-hydrogen) atoms. The summed E-state index contributed by atoms with van der Waals surface area (Å²) in [5.74, 6) is -1.70. The van der Waals surface area contributed by atoms with Gasteiger partial charge < -0.3 is 9.73 Å².